The fraction of sp³-hybridized carbons (Fsp3) is 0.667. The molecule has 0 N–H and O–H groups in total. The van der Waals surface area contributed by atoms with Gasteiger partial charge < -0.3 is 9.47 Å². The van der Waals surface area contributed by atoms with Gasteiger partial charge in [0.25, 0.3) is 0 Å². The topological polar surface area (TPSA) is 18.5 Å². The predicted octanol–water partition coefficient (Wildman–Crippen LogP) is 1.63. The summed E-state index contributed by atoms with van der Waals surface area (Å²) in [4.78, 5) is 0. The van der Waals surface area contributed by atoms with Crippen molar-refractivity contribution in [3.63, 3.8) is 0 Å². The standard InChI is InChI=1S/2C3H7O.2Rf/c2*1-3-4-2;;/h2*2-3H2,1H3;;/q2*-1;;. The Morgan fingerprint density at radius 3 is 1.00 bits per heavy atom. The van der Waals surface area contributed by atoms with Crippen LogP contribution in [0.2, 0.25) is 0 Å². The molecule has 0 aromatic rings. The summed E-state index contributed by atoms with van der Waals surface area (Å²) in [7, 11) is 6.21. The van der Waals surface area contributed by atoms with Gasteiger partial charge in [0.2, 0.25) is 0 Å². The zero-order chi connectivity index (χ0) is 6.83. The van der Waals surface area contributed by atoms with E-state index in [-0.39, 0.29) is 0 Å². The molecule has 0 atom stereocenters. The Labute approximate surface area is 51.8 Å². The second kappa shape index (κ2) is 65.8. The SMILES string of the molecule is [CH2-]OCC.[CH2-]OCC.[Rf].[Rf]. The molecule has 0 saturated carbocycles. The maximum Gasteiger partial charge on any atom is 0.00804 e. The van der Waals surface area contributed by atoms with Crippen molar-refractivity contribution in [2.24, 2.45) is 0 Å². The monoisotopic (exact) mass is 652 g/mol. The molecule has 0 aliphatic heterocycles. The minimum atomic E-state index is 0. The van der Waals surface area contributed by atoms with Crippen molar-refractivity contribution in [3.05, 3.63) is 14.2 Å². The second-order valence-electron chi connectivity index (χ2n) is 0.986. The molecule has 10 heavy (non-hydrogen) atoms. The molecule has 2 nitrogen and oxygen atoms in total. The quantitative estimate of drug-likeness (QED) is 0.423. The number of hydrogen-bond acceptors (Lipinski definition) is 2. The smallest absolute Gasteiger partial charge is 0.00804 e. The van der Waals surface area contributed by atoms with E-state index in [9.17, 15) is 0 Å². The van der Waals surface area contributed by atoms with Gasteiger partial charge in [0.05, 0.1) is 0 Å². The van der Waals surface area contributed by atoms with Crippen molar-refractivity contribution in [1.29, 1.82) is 0 Å². The molecule has 0 amide bonds. The summed E-state index contributed by atoms with van der Waals surface area (Å²) in [6, 6.07) is 0. The van der Waals surface area contributed by atoms with Crippen molar-refractivity contribution >= 4 is 0 Å². The first-order valence-corrected chi connectivity index (χ1v) is 2.57. The van der Waals surface area contributed by atoms with Gasteiger partial charge in [-0.25, -0.2) is 14.2 Å². The average molecular weight is 652 g/mol. The molecule has 0 radical (unpaired) electrons. The largest absolute Gasteiger partial charge is 0.555 e. The van der Waals surface area contributed by atoms with Crippen LogP contribution < -0.4 is 0 Å². The van der Waals surface area contributed by atoms with E-state index in [0.29, 0.717) is 13.2 Å². The van der Waals surface area contributed by atoms with Crippen LogP contribution >= 0.6 is 0 Å². The Hall–Kier alpha value is -2.08. The van der Waals surface area contributed by atoms with Gasteiger partial charge in [0, 0.05) is 13.2 Å². The molecule has 0 rings (SSSR count). The van der Waals surface area contributed by atoms with Crippen LogP contribution in [0.25, 0.3) is 0 Å². The fourth-order valence-corrected chi connectivity index (χ4v) is 0. The Kier molecular flexibility index (Phi) is 162. The van der Waals surface area contributed by atoms with E-state index in [0.717, 1.165) is 0 Å². The average Bonchev–Trinajstić information content (AvgIpc) is 1.88. The minimum absolute atomic E-state index is 0. The van der Waals surface area contributed by atoms with Crippen LogP contribution in [0.15, 0.2) is 0 Å². The summed E-state index contributed by atoms with van der Waals surface area (Å²) < 4.78 is 8.58. The third kappa shape index (κ3) is 22400. The van der Waals surface area contributed by atoms with E-state index in [1.807, 2.05) is 13.8 Å². The van der Waals surface area contributed by atoms with E-state index in [2.05, 4.69) is 23.7 Å². The zero-order valence-corrected chi connectivity index (χ0v) is 19.9. The predicted molar refractivity (Wildman–Crippen MR) is 34.0 cm³/mol. The molecule has 0 aliphatic carbocycles. The Morgan fingerprint density at radius 1 is 0.900 bits per heavy atom. The molecule has 0 aromatic carbocycles. The molecule has 0 aromatic heterocycles. The van der Waals surface area contributed by atoms with Crippen molar-refractivity contribution in [2.45, 2.75) is 13.8 Å². The molecule has 4 heteroatoms. The Bertz CT molecular complexity index is 21.7. The van der Waals surface area contributed by atoms with Crippen LogP contribution in [0, 0.1) is 14.2 Å². The van der Waals surface area contributed by atoms with E-state index >= 15 is 0 Å². The molecular weight excluding hydrogens is 638 g/mol. The first-order valence-electron chi connectivity index (χ1n) is 2.57. The molecule has 0 fully saturated rings. The molecule has 0 spiro atoms. The number of ether oxygens (including phenoxy) is 2. The Morgan fingerprint density at radius 2 is 1.00 bits per heavy atom. The normalized spacial score (nSPS) is 6.00. The van der Waals surface area contributed by atoms with Gasteiger partial charge in [-0.3, -0.25) is 0 Å². The summed E-state index contributed by atoms with van der Waals surface area (Å²) in [6.45, 7) is 5.21. The molecular formula is C6H14O2Rf2-2. The van der Waals surface area contributed by atoms with Crippen molar-refractivity contribution in [2.75, 3.05) is 13.2 Å². The third-order valence-electron chi connectivity index (χ3n) is 0.408. The van der Waals surface area contributed by atoms with Crippen LogP contribution in [0.5, 0.6) is 0 Å². The summed E-state index contributed by atoms with van der Waals surface area (Å²) in [6.07, 6.45) is 0. The van der Waals surface area contributed by atoms with E-state index < -0.39 is 0 Å². The van der Waals surface area contributed by atoms with Crippen LogP contribution in [0.4, 0.5) is 0 Å². The van der Waals surface area contributed by atoms with Crippen LogP contribution in [-0.2, 0) is 9.47 Å². The molecule has 0 bridgehead atoms. The van der Waals surface area contributed by atoms with Gasteiger partial charge in [-0.05, 0) is 13.8 Å². The fourth-order valence-electron chi connectivity index (χ4n) is 0. The van der Waals surface area contributed by atoms with Gasteiger partial charge in [-0.2, -0.15) is 0 Å². The van der Waals surface area contributed by atoms with Gasteiger partial charge in [0.15, 0.2) is 0 Å². The molecule has 0 aliphatic rings. The molecule has 0 heterocycles. The van der Waals surface area contributed by atoms with Gasteiger partial charge in [-0.15, -0.1) is 0 Å². The Balaban J connectivity index is -0.0000000300. The van der Waals surface area contributed by atoms with E-state index in [1.165, 1.54) is 0 Å². The number of rotatable bonds is 2. The molecule has 56 valence electrons. The van der Waals surface area contributed by atoms with E-state index in [4.69, 9.17) is 0 Å². The van der Waals surface area contributed by atoms with E-state index in [1.54, 1.807) is 0 Å². The van der Waals surface area contributed by atoms with Crippen molar-refractivity contribution in [3.8, 4) is 0 Å². The summed E-state index contributed by atoms with van der Waals surface area (Å²) in [5, 5.41) is 0. The molecule has 0 saturated heterocycles. The summed E-state index contributed by atoms with van der Waals surface area (Å²) in [5.74, 6) is 0. The van der Waals surface area contributed by atoms with Crippen LogP contribution in [0.3, 0.4) is 0 Å². The van der Waals surface area contributed by atoms with Crippen LogP contribution in [-0.4, -0.2) is 13.2 Å². The minimum Gasteiger partial charge on any atom is -0.555 e. The molecule has 0 unspecified atom stereocenters. The third-order valence-corrected chi connectivity index (χ3v) is 0.408. The zero-order valence-electron chi connectivity index (χ0n) is 7.06. The summed E-state index contributed by atoms with van der Waals surface area (Å²) in [5.41, 5.74) is 0. The first-order chi connectivity index (χ1) is 3.83. The first kappa shape index (κ1) is 24.7. The van der Waals surface area contributed by atoms with Crippen molar-refractivity contribution < 1.29 is 9.47 Å². The second-order valence-corrected chi connectivity index (χ2v) is 0.986. The van der Waals surface area contributed by atoms with Crippen molar-refractivity contribution in [1.82, 2.24) is 0 Å². The summed E-state index contributed by atoms with van der Waals surface area (Å²) >= 11 is 0. The maximum absolute atomic E-state index is 4.29. The number of hydrogen-bond donors (Lipinski definition) is 0. The van der Waals surface area contributed by atoms with Gasteiger partial charge >= 0.3 is 0 Å². The maximum atomic E-state index is 4.29. The van der Waals surface area contributed by atoms with Gasteiger partial charge in [0.1, 0.15) is 0 Å². The van der Waals surface area contributed by atoms with Crippen LogP contribution in [0.1, 0.15) is 13.8 Å². The van der Waals surface area contributed by atoms with Gasteiger partial charge in [-0.1, -0.05) is 0 Å².